The Labute approximate surface area is 267 Å². The van der Waals surface area contributed by atoms with Crippen LogP contribution in [0.2, 0.25) is 0 Å². The van der Waals surface area contributed by atoms with Crippen LogP contribution in [0.4, 0.5) is 10.5 Å². The predicted octanol–water partition coefficient (Wildman–Crippen LogP) is 6.81. The zero-order valence-electron chi connectivity index (χ0n) is 27.7. The summed E-state index contributed by atoms with van der Waals surface area (Å²) in [6.07, 6.45) is 5.64. The highest BCUT2D eigenvalue weighted by atomic mass is 16.5. The van der Waals surface area contributed by atoms with Crippen molar-refractivity contribution in [1.82, 2.24) is 29.7 Å². The van der Waals surface area contributed by atoms with E-state index in [1.54, 1.807) is 0 Å². The van der Waals surface area contributed by atoms with E-state index >= 15 is 0 Å². The van der Waals surface area contributed by atoms with E-state index < -0.39 is 0 Å². The number of benzene rings is 2. The molecule has 0 saturated carbocycles. The summed E-state index contributed by atoms with van der Waals surface area (Å²) < 4.78 is 8.74. The number of aromatic nitrogens is 3. The van der Waals surface area contributed by atoms with E-state index in [2.05, 4.69) is 114 Å². The van der Waals surface area contributed by atoms with Crippen LogP contribution in [0, 0.1) is 0 Å². The van der Waals surface area contributed by atoms with Crippen LogP contribution in [0.25, 0.3) is 5.65 Å². The molecule has 1 aliphatic carbocycles. The second-order valence-electron chi connectivity index (χ2n) is 14.3. The lowest BCUT2D eigenvalue weighted by Crippen LogP contribution is -2.37. The number of amides is 2. The van der Waals surface area contributed by atoms with Crippen molar-refractivity contribution in [3.05, 3.63) is 88.9 Å². The number of fused-ring (bicyclic) bond motifs is 2. The molecule has 2 N–H and O–H groups in total. The second kappa shape index (κ2) is 12.1. The minimum atomic E-state index is -0.202. The Morgan fingerprint density at radius 1 is 1.07 bits per heavy atom. The highest BCUT2D eigenvalue weighted by molar-refractivity contribution is 5.89. The van der Waals surface area contributed by atoms with Crippen LogP contribution >= 0.6 is 0 Å². The van der Waals surface area contributed by atoms with Gasteiger partial charge in [0.15, 0.2) is 11.5 Å². The van der Waals surface area contributed by atoms with Crippen LogP contribution in [-0.4, -0.2) is 58.1 Å². The molecule has 2 aliphatic rings. The van der Waals surface area contributed by atoms with Gasteiger partial charge in [-0.2, -0.15) is 0 Å². The third kappa shape index (κ3) is 6.42. The number of anilines is 1. The maximum atomic E-state index is 13.4. The van der Waals surface area contributed by atoms with Gasteiger partial charge < -0.3 is 20.3 Å². The normalized spacial score (nSPS) is 22.0. The molecule has 0 spiro atoms. The number of hydrogen-bond donors (Lipinski definition) is 2. The van der Waals surface area contributed by atoms with Crippen molar-refractivity contribution in [3.8, 4) is 5.75 Å². The average Bonchev–Trinajstić information content (AvgIpc) is 3.56. The van der Waals surface area contributed by atoms with E-state index in [9.17, 15) is 4.79 Å². The van der Waals surface area contributed by atoms with Crippen LogP contribution in [0.5, 0.6) is 5.75 Å². The van der Waals surface area contributed by atoms with E-state index in [4.69, 9.17) is 4.74 Å². The molecular formula is C36H47N7O2. The van der Waals surface area contributed by atoms with Crippen molar-refractivity contribution in [2.24, 2.45) is 0 Å². The van der Waals surface area contributed by atoms with Gasteiger partial charge >= 0.3 is 6.03 Å². The van der Waals surface area contributed by atoms with Crippen LogP contribution in [0.15, 0.2) is 60.8 Å². The minimum Gasteiger partial charge on any atom is -0.484 e. The Balaban J connectivity index is 1.19. The lowest BCUT2D eigenvalue weighted by atomic mass is 9.85. The molecule has 4 aromatic rings. The van der Waals surface area contributed by atoms with Crippen LogP contribution < -0.4 is 15.4 Å². The van der Waals surface area contributed by atoms with Crippen molar-refractivity contribution in [2.75, 3.05) is 33.0 Å². The van der Waals surface area contributed by atoms with Gasteiger partial charge in [0.2, 0.25) is 0 Å². The summed E-state index contributed by atoms with van der Waals surface area (Å²) in [6, 6.07) is 18.3. The maximum Gasteiger partial charge on any atom is 0.319 e. The topological polar surface area (TPSA) is 87.0 Å². The number of ether oxygens (including phenoxy) is 1. The Morgan fingerprint density at radius 3 is 2.56 bits per heavy atom. The lowest BCUT2D eigenvalue weighted by Gasteiger charge is -2.32. The van der Waals surface area contributed by atoms with Gasteiger partial charge in [0.25, 0.3) is 0 Å². The molecule has 3 atom stereocenters. The summed E-state index contributed by atoms with van der Waals surface area (Å²) >= 11 is 0. The molecule has 2 aromatic carbocycles. The fraction of sp³-hybridized carbons (Fsp3) is 0.472. The highest BCUT2D eigenvalue weighted by Gasteiger charge is 2.40. The largest absolute Gasteiger partial charge is 0.484 e. The third-order valence-corrected chi connectivity index (χ3v) is 9.49. The fourth-order valence-electron chi connectivity index (χ4n) is 6.85. The zero-order valence-corrected chi connectivity index (χ0v) is 27.7. The molecule has 9 nitrogen and oxygen atoms in total. The Morgan fingerprint density at radius 2 is 1.84 bits per heavy atom. The number of hydrogen-bond acceptors (Lipinski definition) is 6. The third-order valence-electron chi connectivity index (χ3n) is 9.49. The minimum absolute atomic E-state index is 0.0299. The SMILES string of the molecule is CN(C)Cc1cc(NC(=O)N[C@H]2CC[C@@H](Oc3ccc4nnc(C5(C)CCCN5C)n4c3)c3ccccc32)cc(C(C)(C)C)c1. The number of nitrogens with zero attached hydrogens (tertiary/aromatic N) is 5. The van der Waals surface area contributed by atoms with Crippen LogP contribution in [-0.2, 0) is 17.5 Å². The van der Waals surface area contributed by atoms with Gasteiger partial charge in [-0.15, -0.1) is 10.2 Å². The number of rotatable bonds is 7. The summed E-state index contributed by atoms with van der Waals surface area (Å²) in [6.45, 7) is 10.7. The van der Waals surface area contributed by atoms with Gasteiger partial charge in [-0.05, 0) is 112 Å². The summed E-state index contributed by atoms with van der Waals surface area (Å²) in [5.41, 5.74) is 6.00. The zero-order chi connectivity index (χ0) is 31.9. The number of carbonyl (C=O) groups is 1. The van der Waals surface area contributed by atoms with E-state index in [1.807, 2.05) is 30.5 Å². The quantitative estimate of drug-likeness (QED) is 0.240. The second-order valence-corrected chi connectivity index (χ2v) is 14.3. The first kappa shape index (κ1) is 31.0. The molecule has 2 amide bonds. The molecule has 238 valence electrons. The maximum absolute atomic E-state index is 13.4. The predicted molar refractivity (Wildman–Crippen MR) is 179 cm³/mol. The summed E-state index contributed by atoms with van der Waals surface area (Å²) in [4.78, 5) is 17.9. The smallest absolute Gasteiger partial charge is 0.319 e. The number of likely N-dealkylation sites (tertiary alicyclic amines) is 1. The Bertz CT molecular complexity index is 1690. The van der Waals surface area contributed by atoms with Crippen molar-refractivity contribution in [1.29, 1.82) is 0 Å². The number of urea groups is 1. The molecule has 1 aliphatic heterocycles. The van der Waals surface area contributed by atoms with Gasteiger partial charge in [-0.25, -0.2) is 4.79 Å². The van der Waals surface area contributed by atoms with E-state index in [-0.39, 0.29) is 29.1 Å². The first-order chi connectivity index (χ1) is 21.4. The van der Waals surface area contributed by atoms with Gasteiger partial charge in [-0.1, -0.05) is 51.1 Å². The molecule has 0 radical (unpaired) electrons. The van der Waals surface area contributed by atoms with E-state index in [0.717, 1.165) is 72.8 Å². The highest BCUT2D eigenvalue weighted by Crippen LogP contribution is 2.40. The molecular weight excluding hydrogens is 562 g/mol. The summed E-state index contributed by atoms with van der Waals surface area (Å²) in [5.74, 6) is 1.73. The monoisotopic (exact) mass is 609 g/mol. The Kier molecular flexibility index (Phi) is 8.35. The van der Waals surface area contributed by atoms with E-state index in [1.165, 1.54) is 11.1 Å². The van der Waals surface area contributed by atoms with Crippen LogP contribution in [0.1, 0.15) is 93.6 Å². The van der Waals surface area contributed by atoms with Crippen molar-refractivity contribution in [2.45, 2.75) is 83.0 Å². The molecule has 2 aromatic heterocycles. The van der Waals surface area contributed by atoms with Gasteiger partial charge in [0, 0.05) is 12.2 Å². The number of carbonyl (C=O) groups excluding carboxylic acids is 1. The standard InChI is InChI=1S/C36H47N7O2/c1-35(2,3)25-19-24(22-41(5)6)20-26(21-25)37-34(44)38-30-14-15-31(29-12-9-8-11-28(29)30)45-27-13-16-32-39-40-33(43(32)23-27)36(4)17-10-18-42(36)7/h8-9,11-13,16,19-21,23,30-31H,10,14-15,17-18,22H2,1-7H3,(H2,37,38,44)/t30-,31+,36?/m0/s1. The first-order valence-electron chi connectivity index (χ1n) is 16.1. The van der Waals surface area contributed by atoms with Gasteiger partial charge in [0.05, 0.1) is 17.8 Å². The fourth-order valence-corrected chi connectivity index (χ4v) is 6.85. The molecule has 6 rings (SSSR count). The summed E-state index contributed by atoms with van der Waals surface area (Å²) in [5, 5.41) is 15.4. The van der Waals surface area contributed by atoms with Gasteiger partial charge in [0.1, 0.15) is 11.9 Å². The molecule has 0 bridgehead atoms. The Hall–Kier alpha value is -3.95. The number of nitrogens with one attached hydrogen (secondary N) is 2. The lowest BCUT2D eigenvalue weighted by molar-refractivity contribution is 0.170. The van der Waals surface area contributed by atoms with Crippen molar-refractivity contribution in [3.63, 3.8) is 0 Å². The van der Waals surface area contributed by atoms with Crippen molar-refractivity contribution < 1.29 is 9.53 Å². The molecule has 1 saturated heterocycles. The van der Waals surface area contributed by atoms with E-state index in [0.29, 0.717) is 0 Å². The molecule has 45 heavy (non-hydrogen) atoms. The molecule has 3 heterocycles. The van der Waals surface area contributed by atoms with Crippen LogP contribution in [0.3, 0.4) is 0 Å². The molecule has 1 fully saturated rings. The molecule has 1 unspecified atom stereocenters. The number of pyridine rings is 1. The van der Waals surface area contributed by atoms with Gasteiger partial charge in [-0.3, -0.25) is 9.30 Å². The molecule has 9 heteroatoms. The van der Waals surface area contributed by atoms with Crippen molar-refractivity contribution >= 4 is 17.4 Å². The average molecular weight is 610 g/mol. The first-order valence-corrected chi connectivity index (χ1v) is 16.1. The summed E-state index contributed by atoms with van der Waals surface area (Å²) in [7, 11) is 6.27.